The van der Waals surface area contributed by atoms with E-state index in [0.717, 1.165) is 6.07 Å². The van der Waals surface area contributed by atoms with Gasteiger partial charge in [0, 0.05) is 12.5 Å². The van der Waals surface area contributed by atoms with Crippen molar-refractivity contribution in [3.05, 3.63) is 35.4 Å². The van der Waals surface area contributed by atoms with Crippen molar-refractivity contribution in [1.29, 1.82) is 0 Å². The lowest BCUT2D eigenvalue weighted by molar-refractivity contribution is 0.0982. The third-order valence-electron chi connectivity index (χ3n) is 3.47. The summed E-state index contributed by atoms with van der Waals surface area (Å²) in [4.78, 5) is 0. The van der Waals surface area contributed by atoms with Crippen LogP contribution in [0.2, 0.25) is 0 Å². The molecule has 0 heterocycles. The molecule has 17 heavy (non-hydrogen) atoms. The second kappa shape index (κ2) is 4.69. The van der Waals surface area contributed by atoms with E-state index in [4.69, 9.17) is 5.73 Å². The summed E-state index contributed by atoms with van der Waals surface area (Å²) in [7, 11) is 0. The van der Waals surface area contributed by atoms with Crippen molar-refractivity contribution >= 4 is 0 Å². The Morgan fingerprint density at radius 2 is 1.88 bits per heavy atom. The summed E-state index contributed by atoms with van der Waals surface area (Å²) < 4.78 is 40.8. The van der Waals surface area contributed by atoms with E-state index in [1.165, 1.54) is 12.1 Å². The molecule has 0 amide bonds. The molecule has 0 spiro atoms. The summed E-state index contributed by atoms with van der Waals surface area (Å²) >= 11 is 0. The zero-order chi connectivity index (χ0) is 12.5. The fraction of sp³-hybridized carbons (Fsp3) is 0.538. The fourth-order valence-electron chi connectivity index (χ4n) is 2.36. The first-order chi connectivity index (χ1) is 8.00. The third-order valence-corrected chi connectivity index (χ3v) is 3.47. The van der Waals surface area contributed by atoms with Crippen LogP contribution in [0.25, 0.3) is 0 Å². The highest BCUT2D eigenvalue weighted by Gasteiger charge is 2.35. The van der Waals surface area contributed by atoms with Gasteiger partial charge in [-0.2, -0.15) is 0 Å². The van der Waals surface area contributed by atoms with Gasteiger partial charge >= 0.3 is 0 Å². The predicted octanol–water partition coefficient (Wildman–Crippen LogP) is 3.12. The molecule has 0 bridgehead atoms. The van der Waals surface area contributed by atoms with Crippen molar-refractivity contribution in [1.82, 2.24) is 0 Å². The lowest BCUT2D eigenvalue weighted by Crippen LogP contribution is -2.37. The molecule has 1 aliphatic rings. The van der Waals surface area contributed by atoms with Gasteiger partial charge in [-0.15, -0.1) is 0 Å². The van der Waals surface area contributed by atoms with Gasteiger partial charge in [0.1, 0.15) is 5.67 Å². The van der Waals surface area contributed by atoms with Gasteiger partial charge in [-0.05, 0) is 37.3 Å². The molecule has 1 aromatic rings. The average molecular weight is 243 g/mol. The van der Waals surface area contributed by atoms with Crippen LogP contribution in [0.1, 0.15) is 31.2 Å². The van der Waals surface area contributed by atoms with E-state index < -0.39 is 17.3 Å². The van der Waals surface area contributed by atoms with Crippen molar-refractivity contribution in [3.8, 4) is 0 Å². The van der Waals surface area contributed by atoms with E-state index in [1.54, 1.807) is 0 Å². The van der Waals surface area contributed by atoms with Crippen LogP contribution in [0.15, 0.2) is 18.2 Å². The number of hydrogen-bond acceptors (Lipinski definition) is 1. The maximum Gasteiger partial charge on any atom is 0.162 e. The molecule has 0 aromatic heterocycles. The molecule has 1 saturated carbocycles. The van der Waals surface area contributed by atoms with Crippen LogP contribution in [0.5, 0.6) is 0 Å². The van der Waals surface area contributed by atoms with Crippen molar-refractivity contribution in [2.45, 2.75) is 43.8 Å². The Morgan fingerprint density at radius 1 is 1.24 bits per heavy atom. The van der Waals surface area contributed by atoms with E-state index in [0.29, 0.717) is 25.7 Å². The van der Waals surface area contributed by atoms with E-state index in [9.17, 15) is 13.2 Å². The molecular weight excluding hydrogens is 227 g/mol. The Hall–Kier alpha value is -1.03. The molecule has 0 atom stereocenters. The lowest BCUT2D eigenvalue weighted by Gasteiger charge is -2.32. The summed E-state index contributed by atoms with van der Waals surface area (Å²) in [6, 6.07) is 3.93. The zero-order valence-electron chi connectivity index (χ0n) is 9.56. The molecule has 0 unspecified atom stereocenters. The van der Waals surface area contributed by atoms with Gasteiger partial charge in [0.05, 0.1) is 0 Å². The van der Waals surface area contributed by atoms with Crippen molar-refractivity contribution < 1.29 is 13.2 Å². The molecule has 0 radical (unpaired) electrons. The van der Waals surface area contributed by atoms with Crippen molar-refractivity contribution in [2.24, 2.45) is 5.73 Å². The predicted molar refractivity (Wildman–Crippen MR) is 60.3 cm³/mol. The maximum absolute atomic E-state index is 14.4. The van der Waals surface area contributed by atoms with Crippen LogP contribution in [0.4, 0.5) is 13.2 Å². The van der Waals surface area contributed by atoms with Gasteiger partial charge in [-0.1, -0.05) is 12.1 Å². The lowest BCUT2D eigenvalue weighted by atomic mass is 9.80. The maximum atomic E-state index is 14.4. The second-order valence-electron chi connectivity index (χ2n) is 4.88. The summed E-state index contributed by atoms with van der Waals surface area (Å²) in [5.74, 6) is -1.85. The number of rotatable bonds is 2. The monoisotopic (exact) mass is 243 g/mol. The third kappa shape index (κ3) is 2.80. The van der Waals surface area contributed by atoms with Gasteiger partial charge < -0.3 is 5.73 Å². The SMILES string of the molecule is NC1CCC(F)(Cc2cccc(F)c2F)CC1. The minimum atomic E-state index is -1.44. The molecule has 94 valence electrons. The average Bonchev–Trinajstić information content (AvgIpc) is 2.30. The smallest absolute Gasteiger partial charge is 0.162 e. The Morgan fingerprint density at radius 3 is 2.53 bits per heavy atom. The van der Waals surface area contributed by atoms with E-state index in [2.05, 4.69) is 0 Å². The number of halogens is 3. The highest BCUT2D eigenvalue weighted by atomic mass is 19.2. The second-order valence-corrected chi connectivity index (χ2v) is 4.88. The molecule has 2 N–H and O–H groups in total. The minimum absolute atomic E-state index is 0.0382. The Kier molecular flexibility index (Phi) is 3.43. The molecule has 2 rings (SSSR count). The zero-order valence-corrected chi connectivity index (χ0v) is 9.56. The molecule has 1 nitrogen and oxygen atoms in total. The van der Waals surface area contributed by atoms with E-state index >= 15 is 0 Å². The molecule has 1 aliphatic carbocycles. The number of alkyl halides is 1. The highest BCUT2D eigenvalue weighted by molar-refractivity contribution is 5.21. The highest BCUT2D eigenvalue weighted by Crippen LogP contribution is 2.35. The first kappa shape index (κ1) is 12.4. The van der Waals surface area contributed by atoms with Crippen LogP contribution < -0.4 is 5.73 Å². The van der Waals surface area contributed by atoms with E-state index in [-0.39, 0.29) is 18.0 Å². The van der Waals surface area contributed by atoms with Crippen molar-refractivity contribution in [2.75, 3.05) is 0 Å². The minimum Gasteiger partial charge on any atom is -0.328 e. The summed E-state index contributed by atoms with van der Waals surface area (Å²) in [6.45, 7) is 0. The van der Waals surface area contributed by atoms with Crippen LogP contribution in [0.3, 0.4) is 0 Å². The summed E-state index contributed by atoms with van der Waals surface area (Å²) in [5, 5.41) is 0. The van der Waals surface area contributed by atoms with Crippen molar-refractivity contribution in [3.63, 3.8) is 0 Å². The van der Waals surface area contributed by atoms with Gasteiger partial charge in [-0.3, -0.25) is 0 Å². The molecule has 0 aliphatic heterocycles. The summed E-state index contributed by atoms with van der Waals surface area (Å²) in [6.07, 6.45) is 1.79. The topological polar surface area (TPSA) is 26.0 Å². The largest absolute Gasteiger partial charge is 0.328 e. The number of benzene rings is 1. The first-order valence-electron chi connectivity index (χ1n) is 5.88. The van der Waals surface area contributed by atoms with Gasteiger partial charge in [0.15, 0.2) is 11.6 Å². The van der Waals surface area contributed by atoms with Crippen LogP contribution in [0, 0.1) is 11.6 Å². The quantitative estimate of drug-likeness (QED) is 0.848. The van der Waals surface area contributed by atoms with Crippen LogP contribution >= 0.6 is 0 Å². The Labute approximate surface area is 98.8 Å². The van der Waals surface area contributed by atoms with E-state index in [1.807, 2.05) is 0 Å². The Balaban J connectivity index is 2.12. The first-order valence-corrected chi connectivity index (χ1v) is 5.88. The summed E-state index contributed by atoms with van der Waals surface area (Å²) in [5.41, 5.74) is 4.38. The van der Waals surface area contributed by atoms with Crippen LogP contribution in [-0.4, -0.2) is 11.7 Å². The molecule has 1 fully saturated rings. The standard InChI is InChI=1S/C13H16F3N/c14-11-3-1-2-9(12(11)15)8-13(16)6-4-10(17)5-7-13/h1-3,10H,4-8,17H2. The number of hydrogen-bond donors (Lipinski definition) is 1. The molecule has 4 heteroatoms. The Bertz CT molecular complexity index is 398. The molecule has 0 saturated heterocycles. The van der Waals surface area contributed by atoms with Gasteiger partial charge in [-0.25, -0.2) is 13.2 Å². The molecule has 1 aromatic carbocycles. The number of nitrogens with two attached hydrogens (primary N) is 1. The van der Waals surface area contributed by atoms with Gasteiger partial charge in [0.25, 0.3) is 0 Å². The molecular formula is C13H16F3N. The fourth-order valence-corrected chi connectivity index (χ4v) is 2.36. The van der Waals surface area contributed by atoms with Gasteiger partial charge in [0.2, 0.25) is 0 Å². The normalized spacial score (nSPS) is 29.3. The van der Waals surface area contributed by atoms with Crippen LogP contribution in [-0.2, 0) is 6.42 Å².